The van der Waals surface area contributed by atoms with E-state index in [4.69, 9.17) is 5.26 Å². The number of rotatable bonds is 4. The smallest absolute Gasteiger partial charge is 0.232 e. The molecule has 0 spiro atoms. The van der Waals surface area contributed by atoms with E-state index in [2.05, 4.69) is 55.5 Å². The lowest BCUT2D eigenvalue weighted by molar-refractivity contribution is 1.11. The monoisotopic (exact) mass is 465 g/mol. The Morgan fingerprint density at radius 1 is 0.917 bits per heavy atom. The van der Waals surface area contributed by atoms with Gasteiger partial charge in [0, 0.05) is 46.1 Å². The molecule has 0 aliphatic rings. The molecule has 0 N–H and O–H groups in total. The minimum atomic E-state index is -0.00980. The average Bonchev–Trinajstić information content (AvgIpc) is 3.27. The third kappa shape index (κ3) is 3.81. The van der Waals surface area contributed by atoms with Gasteiger partial charge in [0.2, 0.25) is 11.7 Å². The van der Waals surface area contributed by atoms with E-state index in [1.165, 1.54) is 0 Å². The van der Waals surface area contributed by atoms with Gasteiger partial charge in [-0.1, -0.05) is 54.6 Å². The summed E-state index contributed by atoms with van der Waals surface area (Å²) in [6, 6.07) is 26.4. The van der Waals surface area contributed by atoms with Crippen LogP contribution >= 0.6 is 0 Å². The van der Waals surface area contributed by atoms with Gasteiger partial charge in [0.05, 0.1) is 16.7 Å². The highest BCUT2D eigenvalue weighted by atomic mass is 15.0. The maximum atomic E-state index is 9.20. The van der Waals surface area contributed by atoms with Gasteiger partial charge in [0.1, 0.15) is 12.1 Å². The van der Waals surface area contributed by atoms with E-state index in [0.717, 1.165) is 49.8 Å². The van der Waals surface area contributed by atoms with Crippen molar-refractivity contribution in [2.75, 3.05) is 0 Å². The molecule has 0 aliphatic heterocycles. The van der Waals surface area contributed by atoms with Gasteiger partial charge in [-0.2, -0.15) is 10.5 Å². The highest BCUT2D eigenvalue weighted by Gasteiger charge is 2.19. The summed E-state index contributed by atoms with van der Waals surface area (Å²) in [6.07, 6.45) is 4.95. The standard InChI is InChI=1S/C29H19N7/c1-19(16-33-27(14-30)32-2)21-10-7-11-22(20-17-34-28(15-31)35-18-20)29(21)36-25-12-5-3-8-23(25)24-9-4-6-13-26(24)36/h3-13,16-18H,2H2,1H3/b19-16+,33-27?. The molecule has 170 valence electrons. The first kappa shape index (κ1) is 22.4. The number of para-hydroxylation sites is 3. The first-order chi connectivity index (χ1) is 17.7. The number of hydrogen-bond donors (Lipinski definition) is 0. The van der Waals surface area contributed by atoms with Crippen molar-refractivity contribution in [3.05, 3.63) is 96.7 Å². The summed E-state index contributed by atoms with van der Waals surface area (Å²) in [5.74, 6) is 0.101. The average molecular weight is 466 g/mol. The zero-order valence-corrected chi connectivity index (χ0v) is 19.4. The van der Waals surface area contributed by atoms with Crippen LogP contribution < -0.4 is 0 Å². The summed E-state index contributed by atoms with van der Waals surface area (Å²) < 4.78 is 2.23. The zero-order valence-electron chi connectivity index (χ0n) is 19.4. The van der Waals surface area contributed by atoms with Crippen LogP contribution in [0.5, 0.6) is 0 Å². The van der Waals surface area contributed by atoms with Crippen molar-refractivity contribution in [2.45, 2.75) is 6.92 Å². The fraction of sp³-hybridized carbons (Fsp3) is 0.0345. The summed E-state index contributed by atoms with van der Waals surface area (Å²) in [6.45, 7) is 5.34. The van der Waals surface area contributed by atoms with Crippen LogP contribution in [-0.4, -0.2) is 27.1 Å². The normalized spacial score (nSPS) is 11.9. The number of aromatic nitrogens is 3. The van der Waals surface area contributed by atoms with Gasteiger partial charge in [-0.25, -0.2) is 20.0 Å². The zero-order chi connectivity index (χ0) is 25.1. The van der Waals surface area contributed by atoms with Gasteiger partial charge in [-0.15, -0.1) is 0 Å². The predicted octanol–water partition coefficient (Wildman–Crippen LogP) is 6.10. The summed E-state index contributed by atoms with van der Waals surface area (Å²) >= 11 is 0. The number of aliphatic imine (C=N–C) groups is 2. The summed E-state index contributed by atoms with van der Waals surface area (Å²) in [4.78, 5) is 16.3. The van der Waals surface area contributed by atoms with Crippen molar-refractivity contribution in [3.63, 3.8) is 0 Å². The molecule has 5 rings (SSSR count). The lowest BCUT2D eigenvalue weighted by Gasteiger charge is -2.18. The van der Waals surface area contributed by atoms with E-state index < -0.39 is 0 Å². The third-order valence-electron chi connectivity index (χ3n) is 5.96. The van der Waals surface area contributed by atoms with Crippen LogP contribution in [0, 0.1) is 22.7 Å². The molecule has 0 saturated heterocycles. The Labute approximate surface area is 207 Å². The molecule has 2 heterocycles. The minimum absolute atomic E-state index is 0.00980. The van der Waals surface area contributed by atoms with Gasteiger partial charge in [0.25, 0.3) is 0 Å². The number of amidine groups is 1. The molecule has 0 bridgehead atoms. The highest BCUT2D eigenvalue weighted by molar-refractivity contribution is 6.10. The molecule has 0 aliphatic carbocycles. The van der Waals surface area contributed by atoms with Gasteiger partial charge < -0.3 is 4.57 Å². The molecule has 0 saturated carbocycles. The van der Waals surface area contributed by atoms with Crippen LogP contribution in [-0.2, 0) is 0 Å². The summed E-state index contributed by atoms with van der Waals surface area (Å²) in [5, 5.41) is 20.6. The van der Waals surface area contributed by atoms with Gasteiger partial charge in [-0.05, 0) is 31.3 Å². The molecule has 2 aromatic heterocycles. The van der Waals surface area contributed by atoms with Crippen LogP contribution in [0.15, 0.2) is 95.3 Å². The number of benzene rings is 3. The maximum absolute atomic E-state index is 9.20. The van der Waals surface area contributed by atoms with Crippen LogP contribution in [0.3, 0.4) is 0 Å². The van der Waals surface area contributed by atoms with Crippen molar-refractivity contribution in [1.82, 2.24) is 14.5 Å². The predicted molar refractivity (Wildman–Crippen MR) is 143 cm³/mol. The molecule has 0 unspecified atom stereocenters. The number of nitriles is 2. The van der Waals surface area contributed by atoms with E-state index in [1.807, 2.05) is 61.5 Å². The maximum Gasteiger partial charge on any atom is 0.232 e. The second-order valence-corrected chi connectivity index (χ2v) is 8.01. The topological polar surface area (TPSA) is 103 Å². The van der Waals surface area contributed by atoms with Crippen LogP contribution in [0.2, 0.25) is 0 Å². The molecule has 7 nitrogen and oxygen atoms in total. The van der Waals surface area contributed by atoms with Crippen molar-refractivity contribution < 1.29 is 0 Å². The van der Waals surface area contributed by atoms with Crippen LogP contribution in [0.1, 0.15) is 18.3 Å². The molecule has 0 amide bonds. The quantitative estimate of drug-likeness (QED) is 0.236. The number of hydrogen-bond acceptors (Lipinski definition) is 5. The second-order valence-electron chi connectivity index (χ2n) is 8.01. The van der Waals surface area contributed by atoms with E-state index in [9.17, 15) is 5.26 Å². The number of nitrogens with zero attached hydrogens (tertiary/aromatic N) is 7. The van der Waals surface area contributed by atoms with Crippen molar-refractivity contribution in [1.29, 1.82) is 10.5 Å². The Morgan fingerprint density at radius 3 is 2.14 bits per heavy atom. The van der Waals surface area contributed by atoms with E-state index in [-0.39, 0.29) is 11.7 Å². The van der Waals surface area contributed by atoms with Gasteiger partial charge in [0.15, 0.2) is 0 Å². The summed E-state index contributed by atoms with van der Waals surface area (Å²) in [7, 11) is 0. The molecule has 36 heavy (non-hydrogen) atoms. The van der Waals surface area contributed by atoms with Crippen molar-refractivity contribution >= 4 is 39.9 Å². The Bertz CT molecular complexity index is 1720. The minimum Gasteiger partial charge on any atom is -0.308 e. The molecule has 0 atom stereocenters. The molecular weight excluding hydrogens is 446 g/mol. The van der Waals surface area contributed by atoms with Gasteiger partial charge >= 0.3 is 0 Å². The largest absolute Gasteiger partial charge is 0.308 e. The molecule has 5 aromatic rings. The fourth-order valence-electron chi connectivity index (χ4n) is 4.36. The Hall–Kier alpha value is -5.40. The number of fused-ring (bicyclic) bond motifs is 3. The van der Waals surface area contributed by atoms with E-state index >= 15 is 0 Å². The first-order valence-corrected chi connectivity index (χ1v) is 11.1. The van der Waals surface area contributed by atoms with Crippen molar-refractivity contribution in [2.24, 2.45) is 9.98 Å². The lowest BCUT2D eigenvalue weighted by Crippen LogP contribution is -2.02. The SMILES string of the molecule is C=NC(C#N)=N/C=C(\C)c1cccc(-c2cnc(C#N)nc2)c1-n1c2ccccc2c2ccccc21. The molecule has 0 radical (unpaired) electrons. The van der Waals surface area contributed by atoms with Crippen LogP contribution in [0.4, 0.5) is 0 Å². The Morgan fingerprint density at radius 2 is 1.56 bits per heavy atom. The third-order valence-corrected chi connectivity index (χ3v) is 5.96. The first-order valence-electron chi connectivity index (χ1n) is 11.1. The molecular formula is C29H19N7. The van der Waals surface area contributed by atoms with Gasteiger partial charge in [-0.3, -0.25) is 0 Å². The van der Waals surface area contributed by atoms with Crippen LogP contribution in [0.25, 0.3) is 44.2 Å². The van der Waals surface area contributed by atoms with E-state index in [0.29, 0.717) is 0 Å². The highest BCUT2D eigenvalue weighted by Crippen LogP contribution is 2.39. The fourth-order valence-corrected chi connectivity index (χ4v) is 4.36. The second kappa shape index (κ2) is 9.46. The number of allylic oxidation sites excluding steroid dienone is 1. The molecule has 3 aromatic carbocycles. The summed E-state index contributed by atoms with van der Waals surface area (Å²) in [5.41, 5.74) is 6.41. The van der Waals surface area contributed by atoms with E-state index in [1.54, 1.807) is 18.6 Å². The Balaban J connectivity index is 1.89. The Kier molecular flexibility index (Phi) is 5.88. The molecule has 7 heteroatoms. The molecule has 0 fully saturated rings. The lowest BCUT2D eigenvalue weighted by atomic mass is 9.97. The van der Waals surface area contributed by atoms with Crippen molar-refractivity contribution in [3.8, 4) is 29.0 Å².